The number of aryl methyl sites for hydroxylation is 4. The largest absolute Gasteiger partial charge is 0.373 e. The second-order valence-corrected chi connectivity index (χ2v) is 5.70. The molecule has 0 amide bonds. The molecule has 20 heavy (non-hydrogen) atoms. The zero-order valence-corrected chi connectivity index (χ0v) is 12.7. The van der Waals surface area contributed by atoms with Gasteiger partial charge < -0.3 is 5.32 Å². The van der Waals surface area contributed by atoms with Crippen molar-refractivity contribution in [2.75, 3.05) is 12.4 Å². The van der Waals surface area contributed by atoms with Gasteiger partial charge in [-0.2, -0.15) is 0 Å². The first-order valence-corrected chi connectivity index (χ1v) is 7.26. The Morgan fingerprint density at radius 2 is 1.70 bits per heavy atom. The van der Waals surface area contributed by atoms with Crippen LogP contribution in [-0.4, -0.2) is 17.0 Å². The molecule has 3 rings (SSSR count). The van der Waals surface area contributed by atoms with Crippen LogP contribution < -0.4 is 5.32 Å². The quantitative estimate of drug-likeness (QED) is 0.903. The van der Waals surface area contributed by atoms with Crippen molar-refractivity contribution in [1.29, 1.82) is 0 Å². The van der Waals surface area contributed by atoms with E-state index in [0.29, 0.717) is 0 Å². The molecule has 0 fully saturated rings. The van der Waals surface area contributed by atoms with E-state index in [-0.39, 0.29) is 0 Å². The maximum atomic E-state index is 4.83. The number of rotatable bonds is 2. The van der Waals surface area contributed by atoms with E-state index in [1.54, 1.807) is 0 Å². The van der Waals surface area contributed by atoms with E-state index < -0.39 is 0 Å². The van der Waals surface area contributed by atoms with E-state index in [1.165, 1.54) is 39.9 Å². The summed E-state index contributed by atoms with van der Waals surface area (Å²) in [4.78, 5) is 9.59. The Bertz CT molecular complexity index is 651. The minimum absolute atomic E-state index is 0.866. The number of hydrogen-bond donors (Lipinski definition) is 1. The number of fused-ring (bicyclic) bond motifs is 1. The van der Waals surface area contributed by atoms with Crippen LogP contribution in [-0.2, 0) is 12.8 Å². The Hall–Kier alpha value is -1.90. The van der Waals surface area contributed by atoms with Crippen LogP contribution in [0.4, 0.5) is 5.82 Å². The smallest absolute Gasteiger partial charge is 0.162 e. The molecule has 0 radical (unpaired) electrons. The molecular weight excluding hydrogens is 246 g/mol. The van der Waals surface area contributed by atoms with Crippen molar-refractivity contribution in [3.8, 4) is 11.4 Å². The average Bonchev–Trinajstić information content (AvgIpc) is 2.84. The van der Waals surface area contributed by atoms with Gasteiger partial charge in [-0.15, -0.1) is 0 Å². The highest BCUT2D eigenvalue weighted by molar-refractivity contribution is 5.67. The van der Waals surface area contributed by atoms with E-state index in [1.807, 2.05) is 7.05 Å². The third kappa shape index (κ3) is 2.07. The van der Waals surface area contributed by atoms with Gasteiger partial charge in [-0.3, -0.25) is 0 Å². The summed E-state index contributed by atoms with van der Waals surface area (Å²) in [6, 6.07) is 4.41. The maximum absolute atomic E-state index is 4.83. The van der Waals surface area contributed by atoms with Crippen molar-refractivity contribution >= 4 is 5.82 Å². The summed E-state index contributed by atoms with van der Waals surface area (Å²) in [5, 5.41) is 3.24. The highest BCUT2D eigenvalue weighted by atomic mass is 15.0. The Morgan fingerprint density at radius 3 is 2.35 bits per heavy atom. The fourth-order valence-electron chi connectivity index (χ4n) is 3.28. The van der Waals surface area contributed by atoms with Gasteiger partial charge in [0.25, 0.3) is 0 Å². The van der Waals surface area contributed by atoms with Crippen LogP contribution in [0.2, 0.25) is 0 Å². The molecule has 0 bridgehead atoms. The van der Waals surface area contributed by atoms with E-state index in [0.717, 1.165) is 24.5 Å². The maximum Gasteiger partial charge on any atom is 0.162 e. The van der Waals surface area contributed by atoms with Crippen LogP contribution in [0.5, 0.6) is 0 Å². The summed E-state index contributed by atoms with van der Waals surface area (Å²) in [6.07, 6.45) is 3.36. The monoisotopic (exact) mass is 267 g/mol. The number of nitrogens with zero attached hydrogens (tertiary/aromatic N) is 2. The Kier molecular flexibility index (Phi) is 3.20. The van der Waals surface area contributed by atoms with Crippen molar-refractivity contribution in [2.45, 2.75) is 40.0 Å². The van der Waals surface area contributed by atoms with Gasteiger partial charge >= 0.3 is 0 Å². The van der Waals surface area contributed by atoms with Gasteiger partial charge in [-0.25, -0.2) is 9.97 Å². The Morgan fingerprint density at radius 1 is 1.00 bits per heavy atom. The number of aromatic nitrogens is 2. The highest BCUT2D eigenvalue weighted by Crippen LogP contribution is 2.31. The van der Waals surface area contributed by atoms with Crippen LogP contribution >= 0.6 is 0 Å². The zero-order chi connectivity index (χ0) is 14.3. The van der Waals surface area contributed by atoms with Gasteiger partial charge in [-0.1, -0.05) is 17.7 Å². The molecule has 0 aliphatic heterocycles. The molecule has 1 heterocycles. The van der Waals surface area contributed by atoms with Crippen LogP contribution in [0.3, 0.4) is 0 Å². The van der Waals surface area contributed by atoms with Crippen molar-refractivity contribution in [3.05, 3.63) is 40.1 Å². The molecule has 3 heteroatoms. The predicted octanol–water partition coefficient (Wildman–Crippen LogP) is 3.60. The first-order valence-electron chi connectivity index (χ1n) is 7.26. The summed E-state index contributed by atoms with van der Waals surface area (Å²) in [5.74, 6) is 1.87. The molecule has 1 aliphatic carbocycles. The van der Waals surface area contributed by atoms with Crippen molar-refractivity contribution in [2.24, 2.45) is 0 Å². The lowest BCUT2D eigenvalue weighted by atomic mass is 9.99. The number of hydrogen-bond acceptors (Lipinski definition) is 3. The molecule has 1 aliphatic rings. The molecular formula is C17H21N3. The predicted molar refractivity (Wildman–Crippen MR) is 83.3 cm³/mol. The second-order valence-electron chi connectivity index (χ2n) is 5.70. The third-order valence-electron chi connectivity index (χ3n) is 4.07. The average molecular weight is 267 g/mol. The molecule has 1 aromatic carbocycles. The third-order valence-corrected chi connectivity index (χ3v) is 4.07. The molecule has 0 saturated heterocycles. The van der Waals surface area contributed by atoms with Gasteiger partial charge in [0, 0.05) is 23.9 Å². The lowest BCUT2D eigenvalue weighted by Gasteiger charge is -2.13. The molecule has 0 atom stereocenters. The van der Waals surface area contributed by atoms with Crippen LogP contribution in [0, 0.1) is 20.8 Å². The second kappa shape index (κ2) is 4.89. The SMILES string of the molecule is CNc1nc(-c2c(C)cc(C)cc2C)nc2c1CCC2. The van der Waals surface area contributed by atoms with Crippen molar-refractivity contribution < 1.29 is 0 Å². The van der Waals surface area contributed by atoms with E-state index in [2.05, 4.69) is 38.2 Å². The van der Waals surface area contributed by atoms with Gasteiger partial charge in [0.15, 0.2) is 5.82 Å². The molecule has 0 saturated carbocycles. The zero-order valence-electron chi connectivity index (χ0n) is 12.7. The number of anilines is 1. The standard InChI is InChI=1S/C17H21N3/c1-10-8-11(2)15(12(3)9-10)17-19-14-7-5-6-13(14)16(18-4)20-17/h8-9H,5-7H2,1-4H3,(H,18,19,20). The fraction of sp³-hybridized carbons (Fsp3) is 0.412. The summed E-state index contributed by atoms with van der Waals surface area (Å²) >= 11 is 0. The first-order chi connectivity index (χ1) is 9.60. The molecule has 3 nitrogen and oxygen atoms in total. The first kappa shape index (κ1) is 13.1. The molecule has 0 spiro atoms. The van der Waals surface area contributed by atoms with Crippen molar-refractivity contribution in [3.63, 3.8) is 0 Å². The highest BCUT2D eigenvalue weighted by Gasteiger charge is 2.20. The minimum atomic E-state index is 0.866. The molecule has 1 aromatic heterocycles. The summed E-state index contributed by atoms with van der Waals surface area (Å²) in [6.45, 7) is 6.42. The lowest BCUT2D eigenvalue weighted by molar-refractivity contribution is 0.900. The Balaban J connectivity index is 2.21. The van der Waals surface area contributed by atoms with Crippen molar-refractivity contribution in [1.82, 2.24) is 9.97 Å². The van der Waals surface area contributed by atoms with Crippen LogP contribution in [0.25, 0.3) is 11.4 Å². The van der Waals surface area contributed by atoms with Gasteiger partial charge in [-0.05, 0) is 51.2 Å². The molecule has 2 aromatic rings. The molecule has 104 valence electrons. The summed E-state index contributed by atoms with van der Waals surface area (Å²) in [7, 11) is 1.94. The van der Waals surface area contributed by atoms with Crippen LogP contribution in [0.1, 0.15) is 34.4 Å². The minimum Gasteiger partial charge on any atom is -0.373 e. The van der Waals surface area contributed by atoms with Gasteiger partial charge in [0.2, 0.25) is 0 Å². The number of nitrogens with one attached hydrogen (secondary N) is 1. The normalized spacial score (nSPS) is 13.4. The van der Waals surface area contributed by atoms with E-state index >= 15 is 0 Å². The topological polar surface area (TPSA) is 37.8 Å². The van der Waals surface area contributed by atoms with E-state index in [9.17, 15) is 0 Å². The number of benzene rings is 1. The van der Waals surface area contributed by atoms with Gasteiger partial charge in [0.05, 0.1) is 0 Å². The fourth-order valence-corrected chi connectivity index (χ4v) is 3.28. The lowest BCUT2D eigenvalue weighted by Crippen LogP contribution is -2.05. The Labute approximate surface area is 120 Å². The summed E-state index contributed by atoms with van der Waals surface area (Å²) in [5.41, 5.74) is 7.50. The molecule has 0 unspecified atom stereocenters. The summed E-state index contributed by atoms with van der Waals surface area (Å²) < 4.78 is 0. The van der Waals surface area contributed by atoms with Crippen LogP contribution in [0.15, 0.2) is 12.1 Å². The van der Waals surface area contributed by atoms with Gasteiger partial charge in [0.1, 0.15) is 5.82 Å². The van der Waals surface area contributed by atoms with E-state index in [4.69, 9.17) is 9.97 Å². The molecule has 1 N–H and O–H groups in total.